The van der Waals surface area contributed by atoms with Gasteiger partial charge in [0.1, 0.15) is 16.8 Å². The smallest absolute Gasteiger partial charge is 0.315 e. The first-order chi connectivity index (χ1) is 8.56. The van der Waals surface area contributed by atoms with Crippen LogP contribution in [0.2, 0.25) is 0 Å². The molecule has 1 saturated heterocycles. The predicted molar refractivity (Wildman–Crippen MR) is 60.7 cm³/mol. The third-order valence-electron chi connectivity index (χ3n) is 4.85. The molecule has 3 fully saturated rings. The van der Waals surface area contributed by atoms with Gasteiger partial charge in [0.05, 0.1) is 25.2 Å². The van der Waals surface area contributed by atoms with Crippen LogP contribution in [0.3, 0.4) is 0 Å². The Morgan fingerprint density at radius 1 is 1.61 bits per heavy atom. The summed E-state index contributed by atoms with van der Waals surface area (Å²) in [5.74, 6) is -1.04. The van der Waals surface area contributed by atoms with Crippen molar-refractivity contribution < 1.29 is 24.2 Å². The van der Waals surface area contributed by atoms with Gasteiger partial charge in [-0.25, -0.2) is 0 Å². The number of rotatable bonds is 2. The third kappa shape index (κ3) is 1.19. The normalized spacial score (nSPS) is 46.0. The van der Waals surface area contributed by atoms with E-state index in [-0.39, 0.29) is 25.4 Å². The van der Waals surface area contributed by atoms with Crippen LogP contribution in [-0.4, -0.2) is 41.8 Å². The van der Waals surface area contributed by atoms with Crippen LogP contribution in [0, 0.1) is 11.3 Å². The number of carbonyl (C=O) groups is 2. The van der Waals surface area contributed by atoms with E-state index in [1.165, 1.54) is 0 Å². The molecular formula is C13H18O5. The molecule has 2 saturated carbocycles. The standard InChI is InChI=1S/C13H18O5/c1-2-17-11(15)12-5-3-4-10-13(12,16)8(7-18-10)9(14)6-12/h8,10,16H,2-7H2,1H3/t8-,10-,12+,13-/m1/s1. The zero-order valence-electron chi connectivity index (χ0n) is 10.5. The van der Waals surface area contributed by atoms with E-state index in [1.54, 1.807) is 6.92 Å². The van der Waals surface area contributed by atoms with E-state index in [0.717, 1.165) is 6.42 Å². The maximum atomic E-state index is 12.3. The minimum absolute atomic E-state index is 0.0602. The van der Waals surface area contributed by atoms with Gasteiger partial charge in [-0.05, 0) is 26.2 Å². The van der Waals surface area contributed by atoms with Crippen LogP contribution in [-0.2, 0) is 19.1 Å². The molecule has 1 N–H and O–H groups in total. The molecule has 0 amide bonds. The molecule has 4 atom stereocenters. The van der Waals surface area contributed by atoms with E-state index in [0.29, 0.717) is 12.8 Å². The molecule has 0 aromatic carbocycles. The van der Waals surface area contributed by atoms with E-state index < -0.39 is 29.0 Å². The van der Waals surface area contributed by atoms with Crippen LogP contribution in [0.1, 0.15) is 32.6 Å². The van der Waals surface area contributed by atoms with E-state index in [2.05, 4.69) is 0 Å². The zero-order valence-corrected chi connectivity index (χ0v) is 10.5. The van der Waals surface area contributed by atoms with Gasteiger partial charge in [0.2, 0.25) is 0 Å². The number of ether oxygens (including phenoxy) is 2. The Hall–Kier alpha value is -0.940. The van der Waals surface area contributed by atoms with Gasteiger partial charge >= 0.3 is 5.97 Å². The van der Waals surface area contributed by atoms with Gasteiger partial charge in [0.15, 0.2) is 0 Å². The van der Waals surface area contributed by atoms with Crippen LogP contribution < -0.4 is 0 Å². The first-order valence-corrected chi connectivity index (χ1v) is 6.60. The van der Waals surface area contributed by atoms with Crippen molar-refractivity contribution in [3.63, 3.8) is 0 Å². The molecule has 1 aliphatic heterocycles. The summed E-state index contributed by atoms with van der Waals surface area (Å²) >= 11 is 0. The van der Waals surface area contributed by atoms with Crippen molar-refractivity contribution in [1.82, 2.24) is 0 Å². The molecule has 0 aromatic rings. The van der Waals surface area contributed by atoms with Crippen molar-refractivity contribution >= 4 is 11.8 Å². The molecule has 0 spiro atoms. The monoisotopic (exact) mass is 254 g/mol. The summed E-state index contributed by atoms with van der Waals surface area (Å²) in [5, 5.41) is 11.0. The topological polar surface area (TPSA) is 72.8 Å². The van der Waals surface area contributed by atoms with Crippen molar-refractivity contribution in [3.8, 4) is 0 Å². The Bertz CT molecular complexity index is 406. The van der Waals surface area contributed by atoms with Crippen molar-refractivity contribution in [2.45, 2.75) is 44.3 Å². The third-order valence-corrected chi connectivity index (χ3v) is 4.85. The summed E-state index contributed by atoms with van der Waals surface area (Å²) in [4.78, 5) is 24.4. The van der Waals surface area contributed by atoms with Gasteiger partial charge in [-0.3, -0.25) is 9.59 Å². The summed E-state index contributed by atoms with van der Waals surface area (Å²) in [6.07, 6.45) is 1.72. The van der Waals surface area contributed by atoms with Crippen LogP contribution in [0.5, 0.6) is 0 Å². The fraction of sp³-hybridized carbons (Fsp3) is 0.846. The van der Waals surface area contributed by atoms with E-state index >= 15 is 0 Å². The lowest BCUT2D eigenvalue weighted by Crippen LogP contribution is -2.60. The van der Waals surface area contributed by atoms with Crippen molar-refractivity contribution in [3.05, 3.63) is 0 Å². The lowest BCUT2D eigenvalue weighted by molar-refractivity contribution is -0.191. The first-order valence-electron chi connectivity index (χ1n) is 6.60. The Morgan fingerprint density at radius 3 is 3.11 bits per heavy atom. The predicted octanol–water partition coefficient (Wildman–Crippen LogP) is 0.439. The first kappa shape index (κ1) is 12.1. The summed E-state index contributed by atoms with van der Waals surface area (Å²) in [6, 6.07) is 0. The number of Topliss-reactive ketones (excluding diaryl/α,β-unsaturated/α-hetero) is 1. The fourth-order valence-corrected chi connectivity index (χ4v) is 4.02. The minimum Gasteiger partial charge on any atom is -0.465 e. The molecule has 18 heavy (non-hydrogen) atoms. The van der Waals surface area contributed by atoms with Crippen LogP contribution in [0.25, 0.3) is 0 Å². The van der Waals surface area contributed by atoms with Gasteiger partial charge < -0.3 is 14.6 Å². The quantitative estimate of drug-likeness (QED) is 0.724. The maximum absolute atomic E-state index is 12.3. The number of hydrogen-bond acceptors (Lipinski definition) is 5. The van der Waals surface area contributed by atoms with E-state index in [9.17, 15) is 14.7 Å². The van der Waals surface area contributed by atoms with Crippen molar-refractivity contribution in [1.29, 1.82) is 0 Å². The molecular weight excluding hydrogens is 236 g/mol. The summed E-state index contributed by atoms with van der Waals surface area (Å²) < 4.78 is 10.7. The van der Waals surface area contributed by atoms with Gasteiger partial charge in [0, 0.05) is 6.42 Å². The van der Waals surface area contributed by atoms with Crippen LogP contribution in [0.15, 0.2) is 0 Å². The molecule has 5 nitrogen and oxygen atoms in total. The Kier molecular flexibility index (Phi) is 2.54. The number of carbonyl (C=O) groups excluding carboxylic acids is 2. The highest BCUT2D eigenvalue weighted by Gasteiger charge is 2.74. The minimum atomic E-state index is -1.34. The average Bonchev–Trinajstić information content (AvgIpc) is 2.79. The van der Waals surface area contributed by atoms with E-state index in [4.69, 9.17) is 9.47 Å². The SMILES string of the molecule is CCOC(=O)[C@]12CCC[C@H]3OC[C@H](C(=O)C1)[C@@]32O. The molecule has 0 aromatic heterocycles. The Morgan fingerprint density at radius 2 is 2.39 bits per heavy atom. The molecule has 3 aliphatic rings. The number of hydrogen-bond donors (Lipinski definition) is 1. The number of ketones is 1. The molecule has 3 rings (SSSR count). The lowest BCUT2D eigenvalue weighted by atomic mass is 9.62. The highest BCUT2D eigenvalue weighted by molar-refractivity contribution is 5.95. The van der Waals surface area contributed by atoms with Gasteiger partial charge in [0.25, 0.3) is 0 Å². The number of esters is 1. The molecule has 0 unspecified atom stereocenters. The molecule has 0 radical (unpaired) electrons. The number of aliphatic hydroxyl groups is 1. The molecule has 1 heterocycles. The fourth-order valence-electron chi connectivity index (χ4n) is 4.02. The molecule has 100 valence electrons. The largest absolute Gasteiger partial charge is 0.465 e. The summed E-state index contributed by atoms with van der Waals surface area (Å²) in [7, 11) is 0. The molecule has 0 bridgehead atoms. The second-order valence-corrected chi connectivity index (χ2v) is 5.54. The highest BCUT2D eigenvalue weighted by Crippen LogP contribution is 2.60. The zero-order chi connectivity index (χ0) is 13.0. The maximum Gasteiger partial charge on any atom is 0.315 e. The molecule has 2 aliphatic carbocycles. The second-order valence-electron chi connectivity index (χ2n) is 5.54. The van der Waals surface area contributed by atoms with Gasteiger partial charge in [-0.1, -0.05) is 0 Å². The highest BCUT2D eigenvalue weighted by atomic mass is 16.5. The van der Waals surface area contributed by atoms with Crippen molar-refractivity contribution in [2.24, 2.45) is 11.3 Å². The van der Waals surface area contributed by atoms with Gasteiger partial charge in [-0.15, -0.1) is 0 Å². The average molecular weight is 254 g/mol. The van der Waals surface area contributed by atoms with Crippen LogP contribution >= 0.6 is 0 Å². The Labute approximate surface area is 105 Å². The lowest BCUT2D eigenvalue weighted by Gasteiger charge is -2.45. The van der Waals surface area contributed by atoms with E-state index in [1.807, 2.05) is 0 Å². The summed E-state index contributed by atoms with van der Waals surface area (Å²) in [6.45, 7) is 2.24. The second kappa shape index (κ2) is 3.78. The van der Waals surface area contributed by atoms with Gasteiger partial charge in [-0.2, -0.15) is 0 Å². The Balaban J connectivity index is 2.06. The molecule has 5 heteroatoms. The summed E-state index contributed by atoms with van der Waals surface area (Å²) in [5.41, 5.74) is -2.40. The van der Waals surface area contributed by atoms with Crippen LogP contribution in [0.4, 0.5) is 0 Å². The van der Waals surface area contributed by atoms with Crippen molar-refractivity contribution in [2.75, 3.05) is 13.2 Å².